The fraction of sp³-hybridized carbons (Fsp3) is 0.143. The van der Waals surface area contributed by atoms with E-state index in [0.717, 1.165) is 17.7 Å². The van der Waals surface area contributed by atoms with E-state index in [9.17, 15) is 17.2 Å². The predicted molar refractivity (Wildman–Crippen MR) is 76.4 cm³/mol. The summed E-state index contributed by atoms with van der Waals surface area (Å²) in [6.07, 6.45) is 0.672. The Morgan fingerprint density at radius 3 is 2.33 bits per heavy atom. The van der Waals surface area contributed by atoms with E-state index < -0.39 is 26.6 Å². The lowest BCUT2D eigenvalue weighted by Gasteiger charge is -2.09. The first kappa shape index (κ1) is 15.4. The molecule has 0 radical (unpaired) electrons. The van der Waals surface area contributed by atoms with Crippen molar-refractivity contribution in [3.05, 3.63) is 59.7 Å². The number of sulfonamides is 1. The number of halogens is 2. The molecule has 2 rings (SSSR count). The Morgan fingerprint density at radius 2 is 1.71 bits per heavy atom. The summed E-state index contributed by atoms with van der Waals surface area (Å²) >= 11 is 0. The lowest BCUT2D eigenvalue weighted by molar-refractivity contribution is 0.555. The molecule has 0 aromatic heterocycles. The zero-order valence-electron chi connectivity index (χ0n) is 11.0. The first-order chi connectivity index (χ1) is 9.92. The van der Waals surface area contributed by atoms with Gasteiger partial charge >= 0.3 is 0 Å². The molecule has 0 saturated carbocycles. The monoisotopic (exact) mass is 312 g/mol. The van der Waals surface area contributed by atoms with Crippen LogP contribution >= 0.6 is 0 Å². The van der Waals surface area contributed by atoms with Crippen LogP contribution in [0.5, 0.6) is 0 Å². The molecule has 0 bridgehead atoms. The molecule has 0 aliphatic rings. The highest BCUT2D eigenvalue weighted by atomic mass is 32.2. The molecule has 0 atom stereocenters. The molecule has 0 aliphatic carbocycles. The predicted octanol–water partition coefficient (Wildman–Crippen LogP) is 2.27. The van der Waals surface area contributed by atoms with Gasteiger partial charge in [-0.1, -0.05) is 12.1 Å². The lowest BCUT2D eigenvalue weighted by atomic mass is 10.1. The molecule has 0 unspecified atom stereocenters. The third-order valence-electron chi connectivity index (χ3n) is 2.82. The molecule has 7 heteroatoms. The normalized spacial score (nSPS) is 11.4. The summed E-state index contributed by atoms with van der Waals surface area (Å²) in [5.74, 6) is -1.83. The number of hydrogen-bond acceptors (Lipinski definition) is 3. The Morgan fingerprint density at radius 1 is 1.05 bits per heavy atom. The summed E-state index contributed by atoms with van der Waals surface area (Å²) in [5.41, 5.74) is 6.64. The van der Waals surface area contributed by atoms with Crippen molar-refractivity contribution in [2.24, 2.45) is 5.73 Å². The van der Waals surface area contributed by atoms with Crippen molar-refractivity contribution in [2.75, 3.05) is 11.3 Å². The van der Waals surface area contributed by atoms with Gasteiger partial charge in [-0.05, 0) is 48.9 Å². The average Bonchev–Trinajstić information content (AvgIpc) is 2.43. The molecule has 0 saturated heterocycles. The first-order valence-corrected chi connectivity index (χ1v) is 7.67. The minimum Gasteiger partial charge on any atom is -0.330 e. The second kappa shape index (κ2) is 6.19. The van der Waals surface area contributed by atoms with E-state index >= 15 is 0 Å². The van der Waals surface area contributed by atoms with Crippen LogP contribution in [0.4, 0.5) is 14.5 Å². The van der Waals surface area contributed by atoms with Crippen LogP contribution < -0.4 is 10.5 Å². The summed E-state index contributed by atoms with van der Waals surface area (Å²) < 4.78 is 52.9. The van der Waals surface area contributed by atoms with Gasteiger partial charge in [0.1, 0.15) is 16.5 Å². The zero-order valence-corrected chi connectivity index (χ0v) is 11.8. The second-order valence-corrected chi connectivity index (χ2v) is 6.07. The quantitative estimate of drug-likeness (QED) is 0.889. The number of nitrogens with one attached hydrogen (secondary N) is 1. The maximum absolute atomic E-state index is 13.5. The van der Waals surface area contributed by atoms with Crippen LogP contribution in [0.2, 0.25) is 0 Å². The molecule has 21 heavy (non-hydrogen) atoms. The van der Waals surface area contributed by atoms with Crippen molar-refractivity contribution >= 4 is 15.7 Å². The van der Waals surface area contributed by atoms with Gasteiger partial charge in [0.25, 0.3) is 10.0 Å². The molecule has 2 aromatic rings. The molecular formula is C14H14F2N2O2S. The highest BCUT2D eigenvalue weighted by Crippen LogP contribution is 2.20. The summed E-state index contributed by atoms with van der Waals surface area (Å²) in [4.78, 5) is -0.728. The second-order valence-electron chi connectivity index (χ2n) is 4.42. The SMILES string of the molecule is NCCc1ccc(NS(=O)(=O)c2cc(F)ccc2F)cc1. The molecule has 4 nitrogen and oxygen atoms in total. The van der Waals surface area contributed by atoms with Crippen molar-refractivity contribution in [1.82, 2.24) is 0 Å². The van der Waals surface area contributed by atoms with Gasteiger partial charge in [0, 0.05) is 5.69 Å². The van der Waals surface area contributed by atoms with Crippen LogP contribution in [-0.2, 0) is 16.4 Å². The van der Waals surface area contributed by atoms with Crippen LogP contribution in [0.15, 0.2) is 47.4 Å². The third kappa shape index (κ3) is 3.77. The van der Waals surface area contributed by atoms with Crippen molar-refractivity contribution < 1.29 is 17.2 Å². The fourth-order valence-corrected chi connectivity index (χ4v) is 2.95. The Hall–Kier alpha value is -1.99. The number of benzene rings is 2. The standard InChI is InChI=1S/C14H14F2N2O2S/c15-11-3-6-13(16)14(9-11)21(19,20)18-12-4-1-10(2-5-12)7-8-17/h1-6,9,18H,7-8,17H2. The summed E-state index contributed by atoms with van der Waals surface area (Å²) in [6, 6.07) is 8.78. The van der Waals surface area contributed by atoms with Gasteiger partial charge < -0.3 is 5.73 Å². The summed E-state index contributed by atoms with van der Waals surface area (Å²) in [7, 11) is -4.18. The fourth-order valence-electron chi connectivity index (χ4n) is 1.80. The van der Waals surface area contributed by atoms with Crippen LogP contribution in [-0.4, -0.2) is 15.0 Å². The molecule has 0 amide bonds. The molecule has 112 valence electrons. The van der Waals surface area contributed by atoms with E-state index in [1.165, 1.54) is 0 Å². The van der Waals surface area contributed by atoms with E-state index in [0.29, 0.717) is 19.0 Å². The summed E-state index contributed by atoms with van der Waals surface area (Å²) in [5, 5.41) is 0. The Balaban J connectivity index is 2.26. The molecule has 0 aliphatic heterocycles. The lowest BCUT2D eigenvalue weighted by Crippen LogP contribution is -2.15. The molecule has 2 aromatic carbocycles. The average molecular weight is 312 g/mol. The van der Waals surface area contributed by atoms with E-state index in [-0.39, 0.29) is 5.69 Å². The van der Waals surface area contributed by atoms with Crippen LogP contribution in [0.3, 0.4) is 0 Å². The minimum absolute atomic E-state index is 0.263. The van der Waals surface area contributed by atoms with Gasteiger partial charge in [0.15, 0.2) is 0 Å². The number of anilines is 1. The zero-order chi connectivity index (χ0) is 15.5. The highest BCUT2D eigenvalue weighted by Gasteiger charge is 2.20. The van der Waals surface area contributed by atoms with Crippen molar-refractivity contribution in [1.29, 1.82) is 0 Å². The minimum atomic E-state index is -4.18. The molecule has 0 fully saturated rings. The largest absolute Gasteiger partial charge is 0.330 e. The van der Waals surface area contributed by atoms with Gasteiger partial charge in [-0.25, -0.2) is 17.2 Å². The van der Waals surface area contributed by atoms with E-state index in [1.54, 1.807) is 24.3 Å². The van der Waals surface area contributed by atoms with Crippen LogP contribution in [0, 0.1) is 11.6 Å². The first-order valence-electron chi connectivity index (χ1n) is 6.19. The van der Waals surface area contributed by atoms with Crippen molar-refractivity contribution in [2.45, 2.75) is 11.3 Å². The van der Waals surface area contributed by atoms with Gasteiger partial charge in [-0.15, -0.1) is 0 Å². The molecule has 3 N–H and O–H groups in total. The highest BCUT2D eigenvalue weighted by molar-refractivity contribution is 7.92. The Kier molecular flexibility index (Phi) is 4.54. The van der Waals surface area contributed by atoms with Gasteiger partial charge in [-0.2, -0.15) is 0 Å². The smallest absolute Gasteiger partial charge is 0.264 e. The Labute approximate surface area is 121 Å². The van der Waals surface area contributed by atoms with Crippen LogP contribution in [0.1, 0.15) is 5.56 Å². The number of nitrogens with two attached hydrogens (primary N) is 1. The number of hydrogen-bond donors (Lipinski definition) is 2. The third-order valence-corrected chi connectivity index (χ3v) is 4.22. The van der Waals surface area contributed by atoms with Gasteiger partial charge in [-0.3, -0.25) is 4.72 Å². The maximum Gasteiger partial charge on any atom is 0.264 e. The van der Waals surface area contributed by atoms with E-state index in [2.05, 4.69) is 4.72 Å². The van der Waals surface area contributed by atoms with Crippen molar-refractivity contribution in [3.8, 4) is 0 Å². The number of rotatable bonds is 5. The molecule has 0 spiro atoms. The van der Waals surface area contributed by atoms with E-state index in [4.69, 9.17) is 5.73 Å². The Bertz CT molecular complexity index is 731. The van der Waals surface area contributed by atoms with Gasteiger partial charge in [0.2, 0.25) is 0 Å². The van der Waals surface area contributed by atoms with E-state index in [1.807, 2.05) is 0 Å². The molecular weight excluding hydrogens is 298 g/mol. The summed E-state index contributed by atoms with van der Waals surface area (Å²) in [6.45, 7) is 0.486. The topological polar surface area (TPSA) is 72.2 Å². The van der Waals surface area contributed by atoms with Crippen molar-refractivity contribution in [3.63, 3.8) is 0 Å². The van der Waals surface area contributed by atoms with Gasteiger partial charge in [0.05, 0.1) is 0 Å². The van der Waals surface area contributed by atoms with Crippen LogP contribution in [0.25, 0.3) is 0 Å². The molecule has 0 heterocycles. The maximum atomic E-state index is 13.5.